The summed E-state index contributed by atoms with van der Waals surface area (Å²) in [6.45, 7) is 3.99. The molecule has 1 aromatic heterocycles. The van der Waals surface area contributed by atoms with Crippen LogP contribution in [-0.4, -0.2) is 0 Å². The van der Waals surface area contributed by atoms with E-state index >= 15 is 0 Å². The van der Waals surface area contributed by atoms with Crippen LogP contribution in [-0.2, 0) is 5.92 Å². The average Bonchev–Trinajstić information content (AvgIpc) is 2.55. The van der Waals surface area contributed by atoms with Crippen molar-refractivity contribution in [3.63, 3.8) is 0 Å². The summed E-state index contributed by atoms with van der Waals surface area (Å²) in [5, 5.41) is 9.29. The first kappa shape index (κ1) is 12.3. The molecule has 0 spiro atoms. The van der Waals surface area contributed by atoms with E-state index in [1.165, 1.54) is 0 Å². The maximum Gasteiger partial charge on any atom is 0.282 e. The maximum atomic E-state index is 13.8. The standard InChI is InChI=1S/C12H14F2N2S/c1-6(2)7-3-4-12(13,14)10-9(7)8(5-15)11(16)17-10/h6-7H,3-4,16H2,1-2H3. The molecule has 0 fully saturated rings. The van der Waals surface area contributed by atoms with Crippen LogP contribution >= 0.6 is 11.3 Å². The van der Waals surface area contributed by atoms with Gasteiger partial charge in [0.05, 0.1) is 10.4 Å². The van der Waals surface area contributed by atoms with Crippen molar-refractivity contribution in [2.24, 2.45) is 5.92 Å². The molecule has 1 atom stereocenters. The van der Waals surface area contributed by atoms with Crippen LogP contribution in [0.25, 0.3) is 0 Å². The molecule has 1 aliphatic rings. The third-order valence-corrected chi connectivity index (χ3v) is 4.51. The Morgan fingerprint density at radius 3 is 2.71 bits per heavy atom. The molecule has 0 radical (unpaired) electrons. The molecule has 0 aromatic carbocycles. The number of nitrogens with two attached hydrogens (primary N) is 1. The van der Waals surface area contributed by atoms with E-state index in [1.54, 1.807) is 0 Å². The molecule has 1 heterocycles. The minimum absolute atomic E-state index is 0.0106. The van der Waals surface area contributed by atoms with Crippen LogP contribution in [0.1, 0.15) is 48.6 Å². The van der Waals surface area contributed by atoms with Crippen LogP contribution in [0.4, 0.5) is 13.8 Å². The van der Waals surface area contributed by atoms with Crippen LogP contribution in [0, 0.1) is 17.2 Å². The lowest BCUT2D eigenvalue weighted by Crippen LogP contribution is -2.24. The fraction of sp³-hybridized carbons (Fsp3) is 0.583. The molecule has 0 amide bonds. The Hall–Kier alpha value is -1.15. The van der Waals surface area contributed by atoms with Gasteiger partial charge in [0.25, 0.3) is 5.92 Å². The highest BCUT2D eigenvalue weighted by atomic mass is 32.1. The van der Waals surface area contributed by atoms with E-state index in [0.717, 1.165) is 11.3 Å². The van der Waals surface area contributed by atoms with Crippen molar-refractivity contribution in [1.82, 2.24) is 0 Å². The highest BCUT2D eigenvalue weighted by Gasteiger charge is 2.44. The van der Waals surface area contributed by atoms with Crippen molar-refractivity contribution < 1.29 is 8.78 Å². The summed E-state index contributed by atoms with van der Waals surface area (Å²) in [4.78, 5) is 0.0106. The SMILES string of the molecule is CC(C)C1CCC(F)(F)c2sc(N)c(C#N)c21. The Morgan fingerprint density at radius 1 is 1.53 bits per heavy atom. The lowest BCUT2D eigenvalue weighted by atomic mass is 9.77. The zero-order valence-corrected chi connectivity index (χ0v) is 10.6. The van der Waals surface area contributed by atoms with Gasteiger partial charge in [-0.3, -0.25) is 0 Å². The smallest absolute Gasteiger partial charge is 0.282 e. The topological polar surface area (TPSA) is 49.8 Å². The van der Waals surface area contributed by atoms with Crippen LogP contribution < -0.4 is 5.73 Å². The van der Waals surface area contributed by atoms with E-state index < -0.39 is 5.92 Å². The predicted octanol–water partition coefficient (Wildman–Crippen LogP) is 3.83. The predicted molar refractivity (Wildman–Crippen MR) is 64.2 cm³/mol. The van der Waals surface area contributed by atoms with Gasteiger partial charge in [-0.05, 0) is 23.8 Å². The van der Waals surface area contributed by atoms with Crippen LogP contribution in [0.3, 0.4) is 0 Å². The summed E-state index contributed by atoms with van der Waals surface area (Å²) < 4.78 is 27.6. The number of nitrogen functional groups attached to an aromatic ring is 1. The van der Waals surface area contributed by atoms with E-state index in [1.807, 2.05) is 19.9 Å². The molecular weight excluding hydrogens is 242 g/mol. The number of rotatable bonds is 1. The quantitative estimate of drug-likeness (QED) is 0.830. The van der Waals surface area contributed by atoms with Crippen molar-refractivity contribution in [2.75, 3.05) is 5.73 Å². The Bertz CT molecular complexity index is 485. The molecular formula is C12H14F2N2S. The van der Waals surface area contributed by atoms with Crippen molar-refractivity contribution in [1.29, 1.82) is 5.26 Å². The monoisotopic (exact) mass is 256 g/mol. The fourth-order valence-electron chi connectivity index (χ4n) is 2.46. The largest absolute Gasteiger partial charge is 0.389 e. The number of nitriles is 1. The maximum absolute atomic E-state index is 13.8. The number of halogens is 2. The first-order valence-corrected chi connectivity index (χ1v) is 6.40. The molecule has 2 rings (SSSR count). The molecule has 2 N–H and O–H groups in total. The van der Waals surface area contributed by atoms with Gasteiger partial charge < -0.3 is 5.73 Å². The Balaban J connectivity index is 2.66. The summed E-state index contributed by atoms with van der Waals surface area (Å²) in [6.07, 6.45) is 0.274. The molecule has 92 valence electrons. The number of alkyl halides is 2. The van der Waals surface area contributed by atoms with Crippen LogP contribution in [0.2, 0.25) is 0 Å². The van der Waals surface area contributed by atoms with Crippen molar-refractivity contribution in [2.45, 2.75) is 38.5 Å². The van der Waals surface area contributed by atoms with Gasteiger partial charge in [0.2, 0.25) is 0 Å². The van der Waals surface area contributed by atoms with Crippen molar-refractivity contribution in [3.05, 3.63) is 16.0 Å². The number of fused-ring (bicyclic) bond motifs is 1. The number of hydrogen-bond acceptors (Lipinski definition) is 3. The number of nitrogens with zero attached hydrogens (tertiary/aromatic N) is 1. The summed E-state index contributed by atoms with van der Waals surface area (Å²) in [5.41, 5.74) is 6.45. The zero-order valence-electron chi connectivity index (χ0n) is 9.76. The lowest BCUT2D eigenvalue weighted by molar-refractivity contribution is -0.0230. The summed E-state index contributed by atoms with van der Waals surface area (Å²) >= 11 is 0.875. The zero-order chi connectivity index (χ0) is 12.8. The van der Waals surface area contributed by atoms with E-state index in [4.69, 9.17) is 11.0 Å². The molecule has 1 aliphatic carbocycles. The molecule has 1 aromatic rings. The van der Waals surface area contributed by atoms with E-state index in [-0.39, 0.29) is 33.7 Å². The minimum atomic E-state index is -2.82. The molecule has 5 heteroatoms. The highest BCUT2D eigenvalue weighted by molar-refractivity contribution is 7.16. The Labute approximate surface area is 103 Å². The van der Waals surface area contributed by atoms with Crippen molar-refractivity contribution >= 4 is 16.3 Å². The van der Waals surface area contributed by atoms with Crippen molar-refractivity contribution in [3.8, 4) is 6.07 Å². The molecule has 17 heavy (non-hydrogen) atoms. The third kappa shape index (κ3) is 1.81. The first-order chi connectivity index (χ1) is 7.88. The van der Waals surface area contributed by atoms with Gasteiger partial charge in [-0.25, -0.2) is 8.78 Å². The van der Waals surface area contributed by atoms with Crippen LogP contribution in [0.15, 0.2) is 0 Å². The van der Waals surface area contributed by atoms with E-state index in [9.17, 15) is 8.78 Å². The summed E-state index contributed by atoms with van der Waals surface area (Å²) in [7, 11) is 0. The molecule has 2 nitrogen and oxygen atoms in total. The molecule has 0 saturated carbocycles. The Kier molecular flexibility index (Phi) is 2.86. The van der Waals surface area contributed by atoms with Gasteiger partial charge in [-0.2, -0.15) is 5.26 Å². The summed E-state index contributed by atoms with van der Waals surface area (Å²) in [5.74, 6) is -2.56. The molecule has 0 bridgehead atoms. The average molecular weight is 256 g/mol. The van der Waals surface area contributed by atoms with E-state index in [0.29, 0.717) is 12.0 Å². The Morgan fingerprint density at radius 2 is 2.18 bits per heavy atom. The highest BCUT2D eigenvalue weighted by Crippen LogP contribution is 2.53. The fourth-order valence-corrected chi connectivity index (χ4v) is 3.56. The third-order valence-electron chi connectivity index (χ3n) is 3.36. The summed E-state index contributed by atoms with van der Waals surface area (Å²) in [6, 6.07) is 1.98. The first-order valence-electron chi connectivity index (χ1n) is 5.59. The normalized spacial score (nSPS) is 22.2. The van der Waals surface area contributed by atoms with Gasteiger partial charge >= 0.3 is 0 Å². The minimum Gasteiger partial charge on any atom is -0.389 e. The molecule has 1 unspecified atom stereocenters. The van der Waals surface area contributed by atoms with Gasteiger partial charge in [0, 0.05) is 6.42 Å². The molecule has 0 saturated heterocycles. The van der Waals surface area contributed by atoms with Gasteiger partial charge in [-0.1, -0.05) is 13.8 Å². The van der Waals surface area contributed by atoms with Gasteiger partial charge in [-0.15, -0.1) is 11.3 Å². The number of thiophene rings is 1. The molecule has 0 aliphatic heterocycles. The second-order valence-corrected chi connectivity index (χ2v) is 5.84. The number of anilines is 1. The van der Waals surface area contributed by atoms with E-state index in [2.05, 4.69) is 0 Å². The second kappa shape index (κ2) is 3.95. The van der Waals surface area contributed by atoms with Gasteiger partial charge in [0.15, 0.2) is 0 Å². The number of hydrogen-bond donors (Lipinski definition) is 1. The lowest BCUT2D eigenvalue weighted by Gasteiger charge is -2.31. The second-order valence-electron chi connectivity index (χ2n) is 4.79. The van der Waals surface area contributed by atoms with Crippen LogP contribution in [0.5, 0.6) is 0 Å². The van der Waals surface area contributed by atoms with Gasteiger partial charge in [0.1, 0.15) is 11.1 Å².